The largest absolute Gasteiger partial charge is 0.355 e. The van der Waals surface area contributed by atoms with Crippen LogP contribution in [-0.2, 0) is 10.5 Å². The quantitative estimate of drug-likeness (QED) is 0.633. The molecule has 0 radical (unpaired) electrons. The Bertz CT molecular complexity index is 512. The topological polar surface area (TPSA) is 29.1 Å². The van der Waals surface area contributed by atoms with Gasteiger partial charge in [-0.25, -0.2) is 4.39 Å². The van der Waals surface area contributed by atoms with Crippen molar-refractivity contribution in [2.24, 2.45) is 5.41 Å². The number of thioether (sulfide) groups is 1. The zero-order chi connectivity index (χ0) is 14.8. The van der Waals surface area contributed by atoms with Crippen LogP contribution in [0.15, 0.2) is 24.3 Å². The van der Waals surface area contributed by atoms with Gasteiger partial charge < -0.3 is 5.32 Å². The number of hydrogen-bond donors (Lipinski definition) is 1. The summed E-state index contributed by atoms with van der Waals surface area (Å²) in [6.07, 6.45) is 0.483. The highest BCUT2D eigenvalue weighted by Crippen LogP contribution is 2.63. The van der Waals surface area contributed by atoms with Crippen molar-refractivity contribution < 1.29 is 9.18 Å². The van der Waals surface area contributed by atoms with Crippen LogP contribution in [0, 0.1) is 11.2 Å². The molecule has 1 unspecified atom stereocenters. The lowest BCUT2D eigenvalue weighted by atomic mass is 10.1. The van der Waals surface area contributed by atoms with E-state index in [1.165, 1.54) is 6.07 Å². The van der Waals surface area contributed by atoms with E-state index >= 15 is 0 Å². The summed E-state index contributed by atoms with van der Waals surface area (Å²) in [6.45, 7) is 2.28. The number of rotatable bonds is 6. The molecule has 0 saturated heterocycles. The van der Waals surface area contributed by atoms with Crippen LogP contribution in [0.3, 0.4) is 0 Å². The molecule has 6 heteroatoms. The molecule has 20 heavy (non-hydrogen) atoms. The maximum atomic E-state index is 13.4. The molecule has 0 heterocycles. The zero-order valence-corrected chi connectivity index (χ0v) is 13.4. The fourth-order valence-electron chi connectivity index (χ4n) is 1.88. The minimum Gasteiger partial charge on any atom is -0.355 e. The molecular formula is C14H16Cl2FNOS. The van der Waals surface area contributed by atoms with Gasteiger partial charge in [0.2, 0.25) is 5.91 Å². The van der Waals surface area contributed by atoms with E-state index in [2.05, 4.69) is 5.32 Å². The Morgan fingerprint density at radius 3 is 2.70 bits per heavy atom. The summed E-state index contributed by atoms with van der Waals surface area (Å²) in [7, 11) is 0. The second-order valence-electron chi connectivity index (χ2n) is 5.11. The van der Waals surface area contributed by atoms with Gasteiger partial charge in [-0.3, -0.25) is 4.79 Å². The lowest BCUT2D eigenvalue weighted by molar-refractivity contribution is -0.125. The van der Waals surface area contributed by atoms with Gasteiger partial charge in [0.15, 0.2) is 0 Å². The zero-order valence-electron chi connectivity index (χ0n) is 11.1. The predicted octanol–water partition coefficient (Wildman–Crippen LogP) is 3.76. The van der Waals surface area contributed by atoms with E-state index in [1.54, 1.807) is 30.8 Å². The summed E-state index contributed by atoms with van der Waals surface area (Å²) in [5.41, 5.74) is 0.00489. The third-order valence-corrected chi connectivity index (χ3v) is 5.62. The molecule has 1 atom stereocenters. The van der Waals surface area contributed by atoms with Crippen LogP contribution in [-0.4, -0.2) is 22.5 Å². The highest BCUT2D eigenvalue weighted by atomic mass is 35.5. The number of carbonyl (C=O) groups excluding carboxylic acids is 1. The predicted molar refractivity (Wildman–Crippen MR) is 82.7 cm³/mol. The van der Waals surface area contributed by atoms with Crippen molar-refractivity contribution in [3.05, 3.63) is 35.6 Å². The van der Waals surface area contributed by atoms with Gasteiger partial charge in [0, 0.05) is 18.1 Å². The summed E-state index contributed by atoms with van der Waals surface area (Å²) in [4.78, 5) is 11.9. The first kappa shape index (κ1) is 15.9. The standard InChI is InChI=1S/C14H16Cl2FNOS/c1-13(9-14(13,15)16)12(19)18-6-7-20-8-10-4-2-3-5-11(10)17/h2-5H,6-9H2,1H3,(H,18,19). The fraction of sp³-hybridized carbons (Fsp3) is 0.500. The lowest BCUT2D eigenvalue weighted by Crippen LogP contribution is -2.34. The summed E-state index contributed by atoms with van der Waals surface area (Å²) < 4.78 is 12.4. The third kappa shape index (κ3) is 3.41. The molecule has 1 amide bonds. The van der Waals surface area contributed by atoms with Crippen molar-refractivity contribution in [2.45, 2.75) is 23.4 Å². The maximum Gasteiger partial charge on any atom is 0.229 e. The summed E-state index contributed by atoms with van der Waals surface area (Å²) in [5, 5.41) is 2.82. The van der Waals surface area contributed by atoms with E-state index in [9.17, 15) is 9.18 Å². The van der Waals surface area contributed by atoms with Crippen molar-refractivity contribution >= 4 is 40.9 Å². The van der Waals surface area contributed by atoms with E-state index in [1.807, 2.05) is 6.07 Å². The second-order valence-corrected chi connectivity index (χ2v) is 7.70. The Balaban J connectivity index is 1.66. The molecule has 1 saturated carbocycles. The number of amides is 1. The summed E-state index contributed by atoms with van der Waals surface area (Å²) in [5.74, 6) is 1.00. The molecule has 1 aliphatic carbocycles. The van der Waals surface area contributed by atoms with Gasteiger partial charge in [0.25, 0.3) is 0 Å². The van der Waals surface area contributed by atoms with Crippen molar-refractivity contribution in [2.75, 3.05) is 12.3 Å². The molecule has 1 aliphatic rings. The first-order chi connectivity index (χ1) is 9.37. The highest BCUT2D eigenvalue weighted by Gasteiger charge is 2.67. The minimum atomic E-state index is -0.933. The van der Waals surface area contributed by atoms with E-state index < -0.39 is 9.75 Å². The third-order valence-electron chi connectivity index (χ3n) is 3.51. The Kier molecular flexibility index (Phi) is 4.88. The molecule has 0 spiro atoms. The molecule has 1 N–H and O–H groups in total. The van der Waals surface area contributed by atoms with Crippen LogP contribution in [0.4, 0.5) is 4.39 Å². The van der Waals surface area contributed by atoms with E-state index in [0.717, 1.165) is 0 Å². The molecule has 0 bridgehead atoms. The van der Waals surface area contributed by atoms with Crippen LogP contribution in [0.5, 0.6) is 0 Å². The van der Waals surface area contributed by atoms with E-state index in [4.69, 9.17) is 23.2 Å². The molecule has 1 fully saturated rings. The number of alkyl halides is 2. The molecule has 2 nitrogen and oxygen atoms in total. The van der Waals surface area contributed by atoms with Gasteiger partial charge in [-0.15, -0.1) is 23.2 Å². The van der Waals surface area contributed by atoms with Gasteiger partial charge in [-0.05, 0) is 25.0 Å². The van der Waals surface area contributed by atoms with Crippen LogP contribution in [0.2, 0.25) is 0 Å². The smallest absolute Gasteiger partial charge is 0.229 e. The number of halogens is 3. The van der Waals surface area contributed by atoms with Gasteiger partial charge >= 0.3 is 0 Å². The van der Waals surface area contributed by atoms with E-state index in [0.29, 0.717) is 30.0 Å². The fourth-order valence-corrected chi connectivity index (χ4v) is 3.43. The maximum absolute atomic E-state index is 13.4. The monoisotopic (exact) mass is 335 g/mol. The SMILES string of the molecule is CC1(C(=O)NCCSCc2ccccc2F)CC1(Cl)Cl. The van der Waals surface area contributed by atoms with Crippen LogP contribution < -0.4 is 5.32 Å². The normalized spacial score (nSPS) is 23.4. The molecule has 1 aromatic carbocycles. The molecule has 0 aromatic heterocycles. The number of nitrogens with one attached hydrogen (secondary N) is 1. The molecule has 0 aliphatic heterocycles. The first-order valence-electron chi connectivity index (χ1n) is 6.34. The lowest BCUT2D eigenvalue weighted by Gasteiger charge is -2.12. The molecular weight excluding hydrogens is 320 g/mol. The highest BCUT2D eigenvalue weighted by molar-refractivity contribution is 7.98. The van der Waals surface area contributed by atoms with Crippen molar-refractivity contribution in [3.63, 3.8) is 0 Å². The molecule has 2 rings (SSSR count). The number of hydrogen-bond acceptors (Lipinski definition) is 2. The van der Waals surface area contributed by atoms with Gasteiger partial charge in [-0.2, -0.15) is 11.8 Å². The van der Waals surface area contributed by atoms with Crippen molar-refractivity contribution in [1.82, 2.24) is 5.32 Å². The van der Waals surface area contributed by atoms with Crippen molar-refractivity contribution in [3.8, 4) is 0 Å². The number of carbonyl (C=O) groups is 1. The molecule has 1 aromatic rings. The van der Waals surface area contributed by atoms with Crippen LogP contribution in [0.25, 0.3) is 0 Å². The van der Waals surface area contributed by atoms with Crippen LogP contribution in [0.1, 0.15) is 18.9 Å². The first-order valence-corrected chi connectivity index (χ1v) is 8.25. The average Bonchev–Trinajstić information content (AvgIpc) is 2.91. The summed E-state index contributed by atoms with van der Waals surface area (Å²) in [6, 6.07) is 6.70. The summed E-state index contributed by atoms with van der Waals surface area (Å²) >= 11 is 13.4. The number of benzene rings is 1. The van der Waals surface area contributed by atoms with Gasteiger partial charge in [0.1, 0.15) is 10.2 Å². The van der Waals surface area contributed by atoms with Crippen molar-refractivity contribution in [1.29, 1.82) is 0 Å². The minimum absolute atomic E-state index is 0.117. The Labute approximate surface area is 132 Å². The Morgan fingerprint density at radius 1 is 1.45 bits per heavy atom. The second kappa shape index (κ2) is 6.12. The van der Waals surface area contributed by atoms with Gasteiger partial charge in [-0.1, -0.05) is 18.2 Å². The Hall–Kier alpha value is -0.450. The average molecular weight is 336 g/mol. The van der Waals surface area contributed by atoms with Gasteiger partial charge in [0.05, 0.1) is 5.41 Å². The van der Waals surface area contributed by atoms with Crippen LogP contribution >= 0.6 is 35.0 Å². The van der Waals surface area contributed by atoms with E-state index in [-0.39, 0.29) is 11.7 Å². The molecule has 110 valence electrons. The Morgan fingerprint density at radius 2 is 2.10 bits per heavy atom.